The quantitative estimate of drug-likeness (QED) is 0.699. The molecule has 0 unspecified atom stereocenters. The summed E-state index contributed by atoms with van der Waals surface area (Å²) in [7, 11) is 0. The Kier molecular flexibility index (Phi) is 5.09. The minimum Gasteiger partial charge on any atom is -0.459 e. The maximum atomic E-state index is 15.5. The molecule has 0 spiro atoms. The first kappa shape index (κ1) is 19.3. The van der Waals surface area contributed by atoms with E-state index in [1.165, 1.54) is 18.0 Å². The standard InChI is InChI=1S/C20H23FN2O4S/c1-4-14-8-23(20(25)28-14)16-10-26-19-15(16)5-13(9-24)18(17(19)21)22-6-11(2)27-12(3)7-22/h5,9-12,14H,4,6-8H2,1-3H3/t11-,12-,14-/m1/s1. The second-order valence-corrected chi connectivity index (χ2v) is 8.68. The highest BCUT2D eigenvalue weighted by Gasteiger charge is 2.34. The van der Waals surface area contributed by atoms with E-state index in [0.717, 1.165) is 6.42 Å². The van der Waals surface area contributed by atoms with Gasteiger partial charge in [-0.1, -0.05) is 18.7 Å². The van der Waals surface area contributed by atoms with Crippen molar-refractivity contribution >= 4 is 45.6 Å². The van der Waals surface area contributed by atoms with Crippen LogP contribution < -0.4 is 9.80 Å². The van der Waals surface area contributed by atoms with Crippen LogP contribution in [0.4, 0.5) is 20.6 Å². The normalized spacial score (nSPS) is 25.7. The van der Waals surface area contributed by atoms with Gasteiger partial charge >= 0.3 is 0 Å². The van der Waals surface area contributed by atoms with Crippen LogP contribution in [0, 0.1) is 5.82 Å². The summed E-state index contributed by atoms with van der Waals surface area (Å²) in [6.07, 6.45) is 2.79. The van der Waals surface area contributed by atoms with Gasteiger partial charge in [0.25, 0.3) is 5.24 Å². The minimum absolute atomic E-state index is 0.0696. The average Bonchev–Trinajstić information content (AvgIpc) is 3.23. The van der Waals surface area contributed by atoms with Crippen LogP contribution in [-0.2, 0) is 4.74 Å². The van der Waals surface area contributed by atoms with Crippen LogP contribution in [0.5, 0.6) is 0 Å². The molecule has 150 valence electrons. The van der Waals surface area contributed by atoms with Gasteiger partial charge in [-0.15, -0.1) is 0 Å². The van der Waals surface area contributed by atoms with E-state index in [1.807, 2.05) is 25.7 Å². The second-order valence-electron chi connectivity index (χ2n) is 7.43. The molecule has 2 fully saturated rings. The number of halogens is 1. The molecule has 4 rings (SSSR count). The van der Waals surface area contributed by atoms with Crippen molar-refractivity contribution in [2.75, 3.05) is 29.4 Å². The molecule has 8 heteroatoms. The van der Waals surface area contributed by atoms with Crippen molar-refractivity contribution in [3.63, 3.8) is 0 Å². The third kappa shape index (κ3) is 3.18. The highest BCUT2D eigenvalue weighted by molar-refractivity contribution is 8.14. The fourth-order valence-corrected chi connectivity index (χ4v) is 5.01. The molecular formula is C20H23FN2O4S. The summed E-state index contributed by atoms with van der Waals surface area (Å²) in [5.41, 5.74) is 1.07. The molecule has 1 amide bonds. The Morgan fingerprint density at radius 3 is 2.61 bits per heavy atom. The topological polar surface area (TPSA) is 63.0 Å². The van der Waals surface area contributed by atoms with Gasteiger partial charge in [0.2, 0.25) is 0 Å². The number of ether oxygens (including phenoxy) is 1. The largest absolute Gasteiger partial charge is 0.459 e. The van der Waals surface area contributed by atoms with Crippen molar-refractivity contribution in [3.05, 3.63) is 23.7 Å². The Bertz CT molecular complexity index is 921. The van der Waals surface area contributed by atoms with Gasteiger partial charge in [0.15, 0.2) is 17.7 Å². The maximum absolute atomic E-state index is 15.5. The molecule has 3 heterocycles. The zero-order valence-electron chi connectivity index (χ0n) is 16.1. The molecule has 2 aliphatic heterocycles. The number of amides is 1. The number of benzene rings is 1. The van der Waals surface area contributed by atoms with Crippen LogP contribution in [0.2, 0.25) is 0 Å². The van der Waals surface area contributed by atoms with E-state index in [9.17, 15) is 9.59 Å². The maximum Gasteiger partial charge on any atom is 0.286 e. The number of morpholine rings is 1. The molecule has 0 bridgehead atoms. The van der Waals surface area contributed by atoms with Gasteiger partial charge in [-0.05, 0) is 26.3 Å². The number of furan rings is 1. The smallest absolute Gasteiger partial charge is 0.286 e. The lowest BCUT2D eigenvalue weighted by molar-refractivity contribution is -0.00542. The average molecular weight is 406 g/mol. The Morgan fingerprint density at radius 1 is 1.29 bits per heavy atom. The first-order valence-electron chi connectivity index (χ1n) is 9.50. The summed E-state index contributed by atoms with van der Waals surface area (Å²) in [6.45, 7) is 7.40. The molecule has 0 N–H and O–H groups in total. The number of fused-ring (bicyclic) bond motifs is 1. The summed E-state index contributed by atoms with van der Waals surface area (Å²) >= 11 is 1.28. The summed E-state index contributed by atoms with van der Waals surface area (Å²) in [4.78, 5) is 27.6. The zero-order chi connectivity index (χ0) is 20.0. The Morgan fingerprint density at radius 2 is 2.00 bits per heavy atom. The number of carbonyl (C=O) groups excluding carboxylic acids is 2. The van der Waals surface area contributed by atoms with Crippen molar-refractivity contribution in [3.8, 4) is 0 Å². The molecule has 0 aliphatic carbocycles. The Labute approximate surface area is 167 Å². The molecule has 2 aromatic rings. The van der Waals surface area contributed by atoms with Crippen molar-refractivity contribution in [1.29, 1.82) is 0 Å². The Hall–Kier alpha value is -2.06. The van der Waals surface area contributed by atoms with Gasteiger partial charge < -0.3 is 14.1 Å². The summed E-state index contributed by atoms with van der Waals surface area (Å²) in [5, 5.41) is 0.564. The fraction of sp³-hybridized carbons (Fsp3) is 0.500. The highest BCUT2D eigenvalue weighted by Crippen LogP contribution is 2.41. The van der Waals surface area contributed by atoms with E-state index < -0.39 is 5.82 Å². The van der Waals surface area contributed by atoms with E-state index in [-0.39, 0.29) is 39.5 Å². The molecule has 3 atom stereocenters. The summed E-state index contributed by atoms with van der Waals surface area (Å²) in [5.74, 6) is -0.571. The molecule has 0 radical (unpaired) electrons. The third-order valence-corrected chi connectivity index (χ3v) is 6.51. The van der Waals surface area contributed by atoms with Gasteiger partial charge in [-0.3, -0.25) is 14.5 Å². The van der Waals surface area contributed by atoms with Gasteiger partial charge in [-0.2, -0.15) is 0 Å². The van der Waals surface area contributed by atoms with E-state index in [0.29, 0.717) is 37.0 Å². The molecule has 2 aliphatic rings. The van der Waals surface area contributed by atoms with Crippen LogP contribution in [0.15, 0.2) is 16.7 Å². The first-order chi connectivity index (χ1) is 13.4. The second kappa shape index (κ2) is 7.40. The van der Waals surface area contributed by atoms with Crippen molar-refractivity contribution in [2.45, 2.75) is 44.6 Å². The summed E-state index contributed by atoms with van der Waals surface area (Å²) in [6, 6.07) is 1.63. The first-order valence-corrected chi connectivity index (χ1v) is 10.4. The molecule has 0 saturated carbocycles. The lowest BCUT2D eigenvalue weighted by Crippen LogP contribution is -2.46. The van der Waals surface area contributed by atoms with E-state index in [1.54, 1.807) is 11.0 Å². The van der Waals surface area contributed by atoms with Gasteiger partial charge in [0.05, 0.1) is 23.6 Å². The van der Waals surface area contributed by atoms with Crippen LogP contribution >= 0.6 is 11.8 Å². The number of hydrogen-bond donors (Lipinski definition) is 0. The minimum atomic E-state index is -0.571. The highest BCUT2D eigenvalue weighted by atomic mass is 32.2. The van der Waals surface area contributed by atoms with E-state index >= 15 is 4.39 Å². The van der Waals surface area contributed by atoms with Crippen molar-refractivity contribution < 1.29 is 23.1 Å². The molecule has 1 aromatic heterocycles. The number of rotatable bonds is 4. The van der Waals surface area contributed by atoms with Gasteiger partial charge in [-0.25, -0.2) is 4.39 Å². The number of aldehydes is 1. The van der Waals surface area contributed by atoms with E-state index in [4.69, 9.17) is 9.15 Å². The van der Waals surface area contributed by atoms with Crippen molar-refractivity contribution in [1.82, 2.24) is 0 Å². The summed E-state index contributed by atoms with van der Waals surface area (Å²) < 4.78 is 26.7. The number of nitrogens with zero attached hydrogens (tertiary/aromatic N) is 2. The monoisotopic (exact) mass is 406 g/mol. The van der Waals surface area contributed by atoms with Gasteiger partial charge in [0.1, 0.15) is 6.26 Å². The lowest BCUT2D eigenvalue weighted by Gasteiger charge is -2.37. The lowest BCUT2D eigenvalue weighted by atomic mass is 10.1. The van der Waals surface area contributed by atoms with E-state index in [2.05, 4.69) is 0 Å². The van der Waals surface area contributed by atoms with Crippen molar-refractivity contribution in [2.24, 2.45) is 0 Å². The molecule has 1 aromatic carbocycles. The number of carbonyl (C=O) groups is 2. The number of thioether (sulfide) groups is 1. The number of anilines is 2. The van der Waals surface area contributed by atoms with Crippen LogP contribution in [0.25, 0.3) is 11.0 Å². The Balaban J connectivity index is 1.79. The zero-order valence-corrected chi connectivity index (χ0v) is 16.9. The fourth-order valence-electron chi connectivity index (χ4n) is 4.04. The third-order valence-electron chi connectivity index (χ3n) is 5.27. The predicted molar refractivity (Wildman–Crippen MR) is 108 cm³/mol. The SMILES string of the molecule is CC[C@@H]1CN(c2coc3c(F)c(N4C[C@@H](C)O[C@H](C)C4)c(C=O)cc23)C(=O)S1. The molecular weight excluding hydrogens is 383 g/mol. The van der Waals surface area contributed by atoms with Crippen LogP contribution in [-0.4, -0.2) is 48.6 Å². The van der Waals surface area contributed by atoms with Crippen LogP contribution in [0.1, 0.15) is 37.6 Å². The van der Waals surface area contributed by atoms with Gasteiger partial charge in [0, 0.05) is 35.8 Å². The number of hydrogen-bond acceptors (Lipinski definition) is 6. The molecule has 2 saturated heterocycles. The van der Waals surface area contributed by atoms with Crippen LogP contribution in [0.3, 0.4) is 0 Å². The molecule has 6 nitrogen and oxygen atoms in total. The molecule has 28 heavy (non-hydrogen) atoms. The predicted octanol–water partition coefficient (Wildman–Crippen LogP) is 4.45.